The molecular formula is C11H18N2O. The standard InChI is InChI=1S/C11H18N2O/c1-3-13-6-4-11(5-7-13)10(2)8-12-9-14/h11H,2-8H2,1H3. The molecule has 1 fully saturated rings. The van der Waals surface area contributed by atoms with Gasteiger partial charge in [-0.3, -0.25) is 0 Å². The van der Waals surface area contributed by atoms with Gasteiger partial charge in [-0.2, -0.15) is 0 Å². The van der Waals surface area contributed by atoms with E-state index < -0.39 is 0 Å². The lowest BCUT2D eigenvalue weighted by molar-refractivity contribution is 0.207. The van der Waals surface area contributed by atoms with Crippen molar-refractivity contribution in [1.29, 1.82) is 0 Å². The van der Waals surface area contributed by atoms with Crippen LogP contribution in [-0.2, 0) is 4.79 Å². The molecular weight excluding hydrogens is 176 g/mol. The van der Waals surface area contributed by atoms with Crippen LogP contribution in [0.2, 0.25) is 0 Å². The molecule has 1 rings (SSSR count). The first-order chi connectivity index (χ1) is 6.77. The third kappa shape index (κ3) is 3.09. The summed E-state index contributed by atoms with van der Waals surface area (Å²) in [5, 5.41) is 0. The third-order valence-corrected chi connectivity index (χ3v) is 2.96. The fraction of sp³-hybridized carbons (Fsp3) is 0.727. The maximum Gasteiger partial charge on any atom is 0.235 e. The number of carbonyl (C=O) groups excluding carboxylic acids is 1. The van der Waals surface area contributed by atoms with Crippen molar-refractivity contribution in [2.45, 2.75) is 19.8 Å². The average molecular weight is 194 g/mol. The van der Waals surface area contributed by atoms with E-state index in [1.54, 1.807) is 6.08 Å². The number of aliphatic imine (C=N–C) groups is 1. The summed E-state index contributed by atoms with van der Waals surface area (Å²) < 4.78 is 0. The molecule has 1 saturated heterocycles. The molecule has 0 radical (unpaired) electrons. The summed E-state index contributed by atoms with van der Waals surface area (Å²) in [6.07, 6.45) is 3.87. The summed E-state index contributed by atoms with van der Waals surface area (Å²) in [5.41, 5.74) is 1.09. The minimum absolute atomic E-state index is 0.459. The highest BCUT2D eigenvalue weighted by Gasteiger charge is 2.19. The van der Waals surface area contributed by atoms with E-state index in [1.165, 1.54) is 0 Å². The lowest BCUT2D eigenvalue weighted by Crippen LogP contribution is -2.34. The second-order valence-electron chi connectivity index (χ2n) is 3.77. The van der Waals surface area contributed by atoms with Crippen molar-refractivity contribution in [3.05, 3.63) is 12.2 Å². The molecule has 1 aliphatic heterocycles. The van der Waals surface area contributed by atoms with Crippen molar-refractivity contribution < 1.29 is 4.79 Å². The molecule has 0 aromatic heterocycles. The van der Waals surface area contributed by atoms with E-state index in [2.05, 4.69) is 23.4 Å². The van der Waals surface area contributed by atoms with Gasteiger partial charge in [0.1, 0.15) is 0 Å². The van der Waals surface area contributed by atoms with Crippen LogP contribution in [0.5, 0.6) is 0 Å². The zero-order valence-corrected chi connectivity index (χ0v) is 8.83. The van der Waals surface area contributed by atoms with E-state index >= 15 is 0 Å². The first kappa shape index (κ1) is 11.2. The Morgan fingerprint density at radius 2 is 2.21 bits per heavy atom. The van der Waals surface area contributed by atoms with Gasteiger partial charge in [0.05, 0.1) is 6.54 Å². The van der Waals surface area contributed by atoms with E-state index in [0.29, 0.717) is 12.5 Å². The molecule has 0 aromatic carbocycles. The van der Waals surface area contributed by atoms with Crippen LogP contribution in [0.3, 0.4) is 0 Å². The Kier molecular flexibility index (Phi) is 4.57. The van der Waals surface area contributed by atoms with Crippen molar-refractivity contribution in [3.63, 3.8) is 0 Å². The number of rotatable bonds is 4. The van der Waals surface area contributed by atoms with Gasteiger partial charge in [0.15, 0.2) is 0 Å². The van der Waals surface area contributed by atoms with Crippen LogP contribution in [0, 0.1) is 5.92 Å². The summed E-state index contributed by atoms with van der Waals surface area (Å²) in [5.74, 6) is 0.551. The van der Waals surface area contributed by atoms with Crippen molar-refractivity contribution in [2.75, 3.05) is 26.2 Å². The van der Waals surface area contributed by atoms with Crippen molar-refractivity contribution >= 4 is 6.08 Å². The Bertz CT molecular complexity index is 236. The van der Waals surface area contributed by atoms with Crippen LogP contribution in [0.25, 0.3) is 0 Å². The fourth-order valence-electron chi connectivity index (χ4n) is 1.92. The van der Waals surface area contributed by atoms with Crippen LogP contribution >= 0.6 is 0 Å². The Hall–Kier alpha value is -0.920. The lowest BCUT2D eigenvalue weighted by Gasteiger charge is -2.31. The molecule has 0 aliphatic carbocycles. The molecule has 0 unspecified atom stereocenters. The quantitative estimate of drug-likeness (QED) is 0.387. The summed E-state index contributed by atoms with van der Waals surface area (Å²) in [4.78, 5) is 16.0. The zero-order chi connectivity index (χ0) is 10.4. The predicted molar refractivity (Wildman–Crippen MR) is 57.0 cm³/mol. The molecule has 0 saturated carbocycles. The summed E-state index contributed by atoms with van der Waals surface area (Å²) in [7, 11) is 0. The number of hydrogen-bond acceptors (Lipinski definition) is 3. The van der Waals surface area contributed by atoms with Gasteiger partial charge in [0.25, 0.3) is 0 Å². The van der Waals surface area contributed by atoms with E-state index in [4.69, 9.17) is 0 Å². The van der Waals surface area contributed by atoms with Gasteiger partial charge >= 0.3 is 0 Å². The van der Waals surface area contributed by atoms with E-state index in [0.717, 1.165) is 38.0 Å². The molecule has 0 spiro atoms. The normalized spacial score (nSPS) is 18.9. The first-order valence-electron chi connectivity index (χ1n) is 5.21. The SMILES string of the molecule is C=C(CN=C=O)C1CCN(CC)CC1. The molecule has 0 amide bonds. The number of piperidine rings is 1. The minimum atomic E-state index is 0.459. The first-order valence-corrected chi connectivity index (χ1v) is 5.21. The van der Waals surface area contributed by atoms with E-state index in [9.17, 15) is 4.79 Å². The highest BCUT2D eigenvalue weighted by molar-refractivity contribution is 5.33. The Balaban J connectivity index is 2.33. The number of isocyanates is 1. The third-order valence-electron chi connectivity index (χ3n) is 2.96. The summed E-state index contributed by atoms with van der Waals surface area (Å²) in [6.45, 7) is 10.0. The largest absolute Gasteiger partial charge is 0.304 e. The second-order valence-corrected chi connectivity index (χ2v) is 3.77. The van der Waals surface area contributed by atoms with Crippen LogP contribution in [0.4, 0.5) is 0 Å². The van der Waals surface area contributed by atoms with Crippen LogP contribution in [-0.4, -0.2) is 37.2 Å². The molecule has 3 heteroatoms. The smallest absolute Gasteiger partial charge is 0.235 e. The molecule has 78 valence electrons. The van der Waals surface area contributed by atoms with Gasteiger partial charge in [0, 0.05) is 0 Å². The van der Waals surface area contributed by atoms with Gasteiger partial charge in [-0.25, -0.2) is 9.79 Å². The summed E-state index contributed by atoms with van der Waals surface area (Å²) in [6, 6.07) is 0. The Morgan fingerprint density at radius 3 is 2.71 bits per heavy atom. The average Bonchev–Trinajstić information content (AvgIpc) is 2.26. The molecule has 14 heavy (non-hydrogen) atoms. The fourth-order valence-corrected chi connectivity index (χ4v) is 1.92. The van der Waals surface area contributed by atoms with Crippen LogP contribution in [0.1, 0.15) is 19.8 Å². The maximum atomic E-state index is 9.95. The van der Waals surface area contributed by atoms with E-state index in [1.807, 2.05) is 0 Å². The summed E-state index contributed by atoms with van der Waals surface area (Å²) >= 11 is 0. The molecule has 0 bridgehead atoms. The highest BCUT2D eigenvalue weighted by Crippen LogP contribution is 2.23. The van der Waals surface area contributed by atoms with E-state index in [-0.39, 0.29) is 0 Å². The highest BCUT2D eigenvalue weighted by atomic mass is 16.1. The van der Waals surface area contributed by atoms with Gasteiger partial charge in [-0.15, -0.1) is 0 Å². The monoisotopic (exact) mass is 194 g/mol. The topological polar surface area (TPSA) is 32.7 Å². The van der Waals surface area contributed by atoms with Gasteiger partial charge in [-0.05, 0) is 38.4 Å². The maximum absolute atomic E-state index is 9.95. The van der Waals surface area contributed by atoms with Gasteiger partial charge in [-0.1, -0.05) is 19.1 Å². The van der Waals surface area contributed by atoms with Crippen molar-refractivity contribution in [1.82, 2.24) is 4.90 Å². The Morgan fingerprint density at radius 1 is 1.57 bits per heavy atom. The molecule has 1 heterocycles. The zero-order valence-electron chi connectivity index (χ0n) is 8.83. The second kappa shape index (κ2) is 5.74. The molecule has 0 atom stereocenters. The van der Waals surface area contributed by atoms with Gasteiger partial charge in [0.2, 0.25) is 6.08 Å². The van der Waals surface area contributed by atoms with Crippen molar-refractivity contribution in [2.24, 2.45) is 10.9 Å². The van der Waals surface area contributed by atoms with Crippen LogP contribution in [0.15, 0.2) is 17.1 Å². The number of likely N-dealkylation sites (tertiary alicyclic amines) is 1. The van der Waals surface area contributed by atoms with Crippen molar-refractivity contribution in [3.8, 4) is 0 Å². The minimum Gasteiger partial charge on any atom is -0.304 e. The number of hydrogen-bond donors (Lipinski definition) is 0. The molecule has 3 nitrogen and oxygen atoms in total. The molecule has 0 N–H and O–H groups in total. The lowest BCUT2D eigenvalue weighted by atomic mass is 9.90. The van der Waals surface area contributed by atoms with Gasteiger partial charge < -0.3 is 4.90 Å². The predicted octanol–water partition coefficient (Wildman–Crippen LogP) is 1.61. The molecule has 0 aromatic rings. The number of nitrogens with zero attached hydrogens (tertiary/aromatic N) is 2. The Labute approximate surface area is 85.5 Å². The van der Waals surface area contributed by atoms with Crippen LogP contribution < -0.4 is 0 Å². The molecule has 1 aliphatic rings.